The largest absolute Gasteiger partial charge is 0.467 e. The molecule has 122 valence electrons. The van der Waals surface area contributed by atoms with Gasteiger partial charge in [0.15, 0.2) is 0 Å². The Kier molecular flexibility index (Phi) is 2.90. The van der Waals surface area contributed by atoms with E-state index in [0.29, 0.717) is 12.1 Å². The van der Waals surface area contributed by atoms with Crippen LogP contribution in [0.2, 0.25) is 0 Å². The number of rotatable bonds is 3. The Labute approximate surface area is 141 Å². The third-order valence-corrected chi connectivity index (χ3v) is 4.46. The monoisotopic (exact) mass is 330 g/mol. The van der Waals surface area contributed by atoms with E-state index in [0.717, 1.165) is 38.5 Å². The van der Waals surface area contributed by atoms with Gasteiger partial charge in [0.1, 0.15) is 5.76 Å². The van der Waals surface area contributed by atoms with Crippen molar-refractivity contribution in [3.05, 3.63) is 66.2 Å². The predicted molar refractivity (Wildman–Crippen MR) is 95.3 cm³/mol. The molecule has 5 aromatic rings. The fourth-order valence-corrected chi connectivity index (χ4v) is 3.30. The van der Waals surface area contributed by atoms with Crippen LogP contribution in [0.3, 0.4) is 0 Å². The summed E-state index contributed by atoms with van der Waals surface area (Å²) in [5.41, 5.74) is 3.45. The van der Waals surface area contributed by atoms with Gasteiger partial charge in [-0.25, -0.2) is 0 Å². The standard InChI is InChI=1S/C19H14N4O2/c24-19(20-10-12-3-2-8-25-12)14-4-1-5-15-16(14)13-7-6-11-9-21-23-17(11)18(13)22-15/h1-9,22H,10H2,(H,20,24)(H,21,23). The number of hydrogen-bond acceptors (Lipinski definition) is 3. The van der Waals surface area contributed by atoms with Gasteiger partial charge in [0, 0.05) is 27.2 Å². The average Bonchev–Trinajstić information content (AvgIpc) is 3.36. The Morgan fingerprint density at radius 1 is 1.12 bits per heavy atom. The first kappa shape index (κ1) is 13.9. The summed E-state index contributed by atoms with van der Waals surface area (Å²) in [6.07, 6.45) is 3.38. The van der Waals surface area contributed by atoms with Gasteiger partial charge in [-0.1, -0.05) is 18.2 Å². The van der Waals surface area contributed by atoms with Gasteiger partial charge < -0.3 is 14.7 Å². The molecular formula is C19H14N4O2. The van der Waals surface area contributed by atoms with Gasteiger partial charge in [0.25, 0.3) is 5.91 Å². The maximum atomic E-state index is 12.7. The van der Waals surface area contributed by atoms with Crippen molar-refractivity contribution in [3.63, 3.8) is 0 Å². The number of furan rings is 1. The van der Waals surface area contributed by atoms with E-state index in [4.69, 9.17) is 4.42 Å². The number of H-pyrrole nitrogens is 2. The maximum absolute atomic E-state index is 12.7. The van der Waals surface area contributed by atoms with Crippen molar-refractivity contribution in [3.8, 4) is 0 Å². The van der Waals surface area contributed by atoms with Crippen molar-refractivity contribution in [2.75, 3.05) is 0 Å². The first-order chi connectivity index (χ1) is 12.3. The first-order valence-corrected chi connectivity index (χ1v) is 7.98. The molecule has 0 spiro atoms. The van der Waals surface area contributed by atoms with Crippen LogP contribution in [-0.4, -0.2) is 21.1 Å². The molecule has 25 heavy (non-hydrogen) atoms. The van der Waals surface area contributed by atoms with Gasteiger partial charge in [0.05, 0.1) is 30.0 Å². The SMILES string of the molecule is O=C(NCc1ccco1)c1cccc2[nH]c3c(ccc4cn[nH]c43)c12. The van der Waals surface area contributed by atoms with Crippen molar-refractivity contribution in [2.24, 2.45) is 0 Å². The second-order valence-corrected chi connectivity index (χ2v) is 5.94. The van der Waals surface area contributed by atoms with Crippen molar-refractivity contribution < 1.29 is 9.21 Å². The molecule has 6 nitrogen and oxygen atoms in total. The van der Waals surface area contributed by atoms with E-state index in [1.165, 1.54) is 0 Å². The molecule has 0 fully saturated rings. The van der Waals surface area contributed by atoms with E-state index in [1.54, 1.807) is 18.5 Å². The van der Waals surface area contributed by atoms with E-state index in [9.17, 15) is 4.79 Å². The number of fused-ring (bicyclic) bond motifs is 5. The van der Waals surface area contributed by atoms with E-state index in [-0.39, 0.29) is 5.91 Å². The van der Waals surface area contributed by atoms with Crippen molar-refractivity contribution >= 4 is 38.6 Å². The highest BCUT2D eigenvalue weighted by Gasteiger charge is 2.16. The molecule has 2 aromatic carbocycles. The van der Waals surface area contributed by atoms with Gasteiger partial charge in [-0.3, -0.25) is 9.89 Å². The van der Waals surface area contributed by atoms with Crippen LogP contribution in [0.1, 0.15) is 16.1 Å². The van der Waals surface area contributed by atoms with Gasteiger partial charge >= 0.3 is 0 Å². The van der Waals surface area contributed by atoms with Gasteiger partial charge in [-0.2, -0.15) is 5.10 Å². The van der Waals surface area contributed by atoms with Crippen LogP contribution in [0.25, 0.3) is 32.7 Å². The Morgan fingerprint density at radius 3 is 2.96 bits per heavy atom. The van der Waals surface area contributed by atoms with Gasteiger partial charge in [-0.05, 0) is 24.3 Å². The fraction of sp³-hybridized carbons (Fsp3) is 0.0526. The van der Waals surface area contributed by atoms with E-state index in [1.807, 2.05) is 36.4 Å². The summed E-state index contributed by atoms with van der Waals surface area (Å²) in [5, 5.41) is 13.0. The van der Waals surface area contributed by atoms with Crippen LogP contribution in [0.4, 0.5) is 0 Å². The summed E-state index contributed by atoms with van der Waals surface area (Å²) in [6.45, 7) is 0.357. The minimum absolute atomic E-state index is 0.132. The summed E-state index contributed by atoms with van der Waals surface area (Å²) in [5.74, 6) is 0.589. The number of hydrogen-bond donors (Lipinski definition) is 3. The Balaban J connectivity index is 1.64. The van der Waals surface area contributed by atoms with Gasteiger partial charge in [-0.15, -0.1) is 0 Å². The molecule has 3 aromatic heterocycles. The molecule has 0 radical (unpaired) electrons. The average molecular weight is 330 g/mol. The van der Waals surface area contributed by atoms with Crippen LogP contribution in [0, 0.1) is 0 Å². The van der Waals surface area contributed by atoms with Crippen molar-refractivity contribution in [2.45, 2.75) is 6.54 Å². The fourth-order valence-electron chi connectivity index (χ4n) is 3.30. The Morgan fingerprint density at radius 2 is 2.08 bits per heavy atom. The van der Waals surface area contributed by atoms with E-state index >= 15 is 0 Å². The quantitative estimate of drug-likeness (QED) is 0.471. The molecule has 0 aliphatic carbocycles. The van der Waals surface area contributed by atoms with E-state index < -0.39 is 0 Å². The van der Waals surface area contributed by atoms with Crippen LogP contribution in [0.5, 0.6) is 0 Å². The highest BCUT2D eigenvalue weighted by Crippen LogP contribution is 2.32. The van der Waals surface area contributed by atoms with Crippen LogP contribution in [0.15, 0.2) is 59.3 Å². The number of amides is 1. The molecule has 0 saturated heterocycles. The van der Waals surface area contributed by atoms with E-state index in [2.05, 4.69) is 20.5 Å². The number of carbonyl (C=O) groups excluding carboxylic acids is 1. The van der Waals surface area contributed by atoms with Crippen LogP contribution in [-0.2, 0) is 6.54 Å². The minimum Gasteiger partial charge on any atom is -0.467 e. The number of carbonyl (C=O) groups is 1. The van der Waals surface area contributed by atoms with Crippen LogP contribution >= 0.6 is 0 Å². The molecule has 0 saturated carbocycles. The zero-order valence-electron chi connectivity index (χ0n) is 13.2. The molecule has 1 amide bonds. The second kappa shape index (κ2) is 5.24. The third kappa shape index (κ3) is 2.11. The molecule has 0 aliphatic rings. The summed E-state index contributed by atoms with van der Waals surface area (Å²) < 4.78 is 5.27. The number of aromatic amines is 2. The second-order valence-electron chi connectivity index (χ2n) is 5.94. The topological polar surface area (TPSA) is 86.7 Å². The van der Waals surface area contributed by atoms with Gasteiger partial charge in [0.2, 0.25) is 0 Å². The van der Waals surface area contributed by atoms with Crippen molar-refractivity contribution in [1.82, 2.24) is 20.5 Å². The molecule has 3 heterocycles. The molecule has 0 bridgehead atoms. The summed E-state index contributed by atoms with van der Waals surface area (Å²) in [4.78, 5) is 16.1. The normalized spacial score (nSPS) is 11.5. The predicted octanol–water partition coefficient (Wildman–Crippen LogP) is 3.72. The molecule has 3 N–H and O–H groups in total. The Hall–Kier alpha value is -3.54. The summed E-state index contributed by atoms with van der Waals surface area (Å²) >= 11 is 0. The highest BCUT2D eigenvalue weighted by atomic mass is 16.3. The molecule has 6 heteroatoms. The molecule has 5 rings (SSSR count). The van der Waals surface area contributed by atoms with Crippen LogP contribution < -0.4 is 5.32 Å². The van der Waals surface area contributed by atoms with Crippen molar-refractivity contribution in [1.29, 1.82) is 0 Å². The zero-order chi connectivity index (χ0) is 16.8. The molecule has 0 unspecified atom stereocenters. The first-order valence-electron chi connectivity index (χ1n) is 7.98. The third-order valence-electron chi connectivity index (χ3n) is 4.46. The maximum Gasteiger partial charge on any atom is 0.252 e. The Bertz CT molecular complexity index is 1210. The zero-order valence-corrected chi connectivity index (χ0v) is 13.2. The molecule has 0 aliphatic heterocycles. The lowest BCUT2D eigenvalue weighted by Crippen LogP contribution is -2.22. The minimum atomic E-state index is -0.132. The summed E-state index contributed by atoms with van der Waals surface area (Å²) in [7, 11) is 0. The number of aromatic nitrogens is 3. The molecule has 0 atom stereocenters. The lowest BCUT2D eigenvalue weighted by molar-refractivity contribution is 0.0950. The highest BCUT2D eigenvalue weighted by molar-refractivity contribution is 6.21. The lowest BCUT2D eigenvalue weighted by Gasteiger charge is -2.05. The molecular weight excluding hydrogens is 316 g/mol. The number of nitrogens with one attached hydrogen (secondary N) is 3. The summed E-state index contributed by atoms with van der Waals surface area (Å²) in [6, 6.07) is 13.4. The lowest BCUT2D eigenvalue weighted by atomic mass is 10.0. The number of benzene rings is 2. The number of nitrogens with zero attached hydrogens (tertiary/aromatic N) is 1. The smallest absolute Gasteiger partial charge is 0.252 e.